The number of nitrogens with zero attached hydrogens (tertiary/aromatic N) is 1. The van der Waals surface area contributed by atoms with Crippen LogP contribution in [0.4, 0.5) is 0 Å². The van der Waals surface area contributed by atoms with Gasteiger partial charge < -0.3 is 19.5 Å². The van der Waals surface area contributed by atoms with Gasteiger partial charge in [-0.15, -0.1) is 0 Å². The highest BCUT2D eigenvalue weighted by Gasteiger charge is 2.21. The molecular weight excluding hydrogens is 386 g/mol. The van der Waals surface area contributed by atoms with Crippen molar-refractivity contribution in [3.8, 4) is 11.5 Å². The largest absolute Gasteiger partial charge is 0.512 e. The second kappa shape index (κ2) is 7.67. The lowest BCUT2D eigenvalue weighted by Crippen LogP contribution is -2.38. The highest BCUT2D eigenvalue weighted by molar-refractivity contribution is 6.02. The van der Waals surface area contributed by atoms with Crippen LogP contribution < -0.4 is 26.2 Å². The summed E-state index contributed by atoms with van der Waals surface area (Å²) < 4.78 is 6.89. The summed E-state index contributed by atoms with van der Waals surface area (Å²) in [4.78, 5) is 38.4. The van der Waals surface area contributed by atoms with Gasteiger partial charge in [0.2, 0.25) is 5.43 Å². The first kappa shape index (κ1) is 21.1. The number of aromatic nitrogens is 1. The van der Waals surface area contributed by atoms with Crippen molar-refractivity contribution in [2.45, 2.75) is 27.2 Å². The van der Waals surface area contributed by atoms with E-state index in [1.54, 1.807) is 7.05 Å². The lowest BCUT2D eigenvalue weighted by Gasteiger charge is -2.17. The summed E-state index contributed by atoms with van der Waals surface area (Å²) in [6.45, 7) is 5.12. The van der Waals surface area contributed by atoms with Gasteiger partial charge in [-0.25, -0.2) is 0 Å². The van der Waals surface area contributed by atoms with Crippen LogP contribution >= 0.6 is 0 Å². The van der Waals surface area contributed by atoms with E-state index in [1.807, 2.05) is 19.9 Å². The van der Waals surface area contributed by atoms with Crippen LogP contribution in [0.15, 0.2) is 44.2 Å². The van der Waals surface area contributed by atoms with Crippen LogP contribution in [0.3, 0.4) is 0 Å². The summed E-state index contributed by atoms with van der Waals surface area (Å²) in [7, 11) is 3.02. The van der Waals surface area contributed by atoms with Crippen molar-refractivity contribution in [1.29, 1.82) is 0 Å². The van der Waals surface area contributed by atoms with Crippen molar-refractivity contribution in [2.75, 3.05) is 7.11 Å². The zero-order valence-corrected chi connectivity index (χ0v) is 17.5. The van der Waals surface area contributed by atoms with Gasteiger partial charge in [0.15, 0.2) is 10.9 Å². The standard InChI is InChI=1S/C23H23NO6/c1-11(2)6-7-13-17(30-5)10-16(27)19-20(13)24(4)21-14(22(19)28)8-9-15(26)18(12(3)25)23(21)29/h6,8-10,25,28H,7H2,1-5H3. The fourth-order valence-corrected chi connectivity index (χ4v) is 3.73. The number of aliphatic hydroxyl groups excluding tert-OH is 1. The number of aromatic hydroxyl groups is 1. The van der Waals surface area contributed by atoms with Gasteiger partial charge in [-0.1, -0.05) is 11.6 Å². The molecule has 0 saturated heterocycles. The molecule has 1 heterocycles. The lowest BCUT2D eigenvalue weighted by atomic mass is 10.0. The molecule has 7 nitrogen and oxygen atoms in total. The van der Waals surface area contributed by atoms with Crippen molar-refractivity contribution in [2.24, 2.45) is 7.05 Å². The van der Waals surface area contributed by atoms with E-state index in [0.29, 0.717) is 23.3 Å². The smallest absolute Gasteiger partial charge is 0.217 e. The number of ether oxygens (including phenoxy) is 1. The van der Waals surface area contributed by atoms with Gasteiger partial charge in [0.1, 0.15) is 28.0 Å². The first-order valence-corrected chi connectivity index (χ1v) is 9.35. The van der Waals surface area contributed by atoms with Crippen LogP contribution in [0.1, 0.15) is 26.3 Å². The monoisotopic (exact) mass is 409 g/mol. The molecule has 0 fully saturated rings. The quantitative estimate of drug-likeness (QED) is 0.642. The van der Waals surface area contributed by atoms with E-state index in [4.69, 9.17) is 4.74 Å². The van der Waals surface area contributed by atoms with Crippen molar-refractivity contribution in [3.05, 3.63) is 71.3 Å². The molecule has 2 N–H and O–H groups in total. The van der Waals surface area contributed by atoms with E-state index in [-0.39, 0.29) is 21.5 Å². The highest BCUT2D eigenvalue weighted by Crippen LogP contribution is 2.35. The van der Waals surface area contributed by atoms with Crippen molar-refractivity contribution in [3.63, 3.8) is 0 Å². The Hall–Kier alpha value is -3.61. The second-order valence-electron chi connectivity index (χ2n) is 7.42. The Labute approximate surface area is 171 Å². The molecule has 0 spiro atoms. The third kappa shape index (κ3) is 3.22. The Morgan fingerprint density at radius 2 is 1.77 bits per heavy atom. The van der Waals surface area contributed by atoms with Gasteiger partial charge in [-0.2, -0.15) is 0 Å². The molecule has 0 radical (unpaired) electrons. The minimum atomic E-state index is -0.733. The average Bonchev–Trinajstić information content (AvgIpc) is 2.80. The number of aryl methyl sites for hydroxylation is 1. The zero-order valence-electron chi connectivity index (χ0n) is 17.5. The average molecular weight is 409 g/mol. The molecule has 0 aliphatic carbocycles. The van der Waals surface area contributed by atoms with Gasteiger partial charge in [-0.3, -0.25) is 14.4 Å². The van der Waals surface area contributed by atoms with E-state index >= 15 is 0 Å². The molecule has 0 aliphatic rings. The fourth-order valence-electron chi connectivity index (χ4n) is 3.73. The minimum absolute atomic E-state index is 0.00315. The number of rotatable bonds is 3. The highest BCUT2D eigenvalue weighted by atomic mass is 16.5. The fraction of sp³-hybridized carbons (Fsp3) is 0.261. The van der Waals surface area contributed by atoms with E-state index in [0.717, 1.165) is 11.6 Å². The van der Waals surface area contributed by atoms with Crippen molar-refractivity contribution >= 4 is 27.6 Å². The molecule has 0 atom stereocenters. The third-order valence-electron chi connectivity index (χ3n) is 5.13. The summed E-state index contributed by atoms with van der Waals surface area (Å²) in [5, 5.41) is 20.6. The summed E-state index contributed by atoms with van der Waals surface area (Å²) in [6.07, 6.45) is 2.35. The Balaban J connectivity index is 2.78. The van der Waals surface area contributed by atoms with Crippen LogP contribution in [-0.2, 0) is 13.5 Å². The first-order chi connectivity index (χ1) is 14.1. The molecule has 0 amide bonds. The minimum Gasteiger partial charge on any atom is -0.512 e. The normalized spacial score (nSPS) is 12.2. The Kier molecular flexibility index (Phi) is 5.39. The summed E-state index contributed by atoms with van der Waals surface area (Å²) in [6, 6.07) is 3.70. The number of aliphatic hydroxyl groups is 1. The van der Waals surface area contributed by atoms with Crippen LogP contribution in [0.5, 0.6) is 11.5 Å². The van der Waals surface area contributed by atoms with E-state index in [2.05, 4.69) is 0 Å². The SMILES string of the molecule is COc1cc(=O)c2c(O)c3ccc(=O)c(=C(C)O)c(=O)c3n(C)c2c1CC=C(C)C. The molecular formula is C23H23NO6. The van der Waals surface area contributed by atoms with E-state index < -0.39 is 27.8 Å². The summed E-state index contributed by atoms with van der Waals surface area (Å²) >= 11 is 0. The number of pyridine rings is 1. The van der Waals surface area contributed by atoms with Gasteiger partial charge >= 0.3 is 0 Å². The predicted octanol–water partition coefficient (Wildman–Crippen LogP) is 2.04. The predicted molar refractivity (Wildman–Crippen MR) is 118 cm³/mol. The molecule has 2 aromatic carbocycles. The Morgan fingerprint density at radius 1 is 1.10 bits per heavy atom. The zero-order chi connectivity index (χ0) is 22.3. The maximum Gasteiger partial charge on any atom is 0.217 e. The van der Waals surface area contributed by atoms with E-state index in [1.165, 1.54) is 30.7 Å². The third-order valence-corrected chi connectivity index (χ3v) is 5.13. The van der Waals surface area contributed by atoms with E-state index in [9.17, 15) is 24.6 Å². The topological polar surface area (TPSA) is 106 Å². The molecule has 0 bridgehead atoms. The number of hydrogen-bond donors (Lipinski definition) is 2. The number of fused-ring (bicyclic) bond motifs is 2. The number of benzene rings is 1. The molecule has 1 aromatic heterocycles. The van der Waals surface area contributed by atoms with Crippen LogP contribution in [0.2, 0.25) is 0 Å². The number of hydrogen-bond acceptors (Lipinski definition) is 6. The van der Waals surface area contributed by atoms with Gasteiger partial charge in [0.25, 0.3) is 0 Å². The molecule has 30 heavy (non-hydrogen) atoms. The molecule has 156 valence electrons. The molecule has 0 unspecified atom stereocenters. The van der Waals surface area contributed by atoms with Crippen LogP contribution in [0.25, 0.3) is 27.6 Å². The van der Waals surface area contributed by atoms with Gasteiger partial charge in [-0.05, 0) is 39.3 Å². The first-order valence-electron chi connectivity index (χ1n) is 9.35. The van der Waals surface area contributed by atoms with Gasteiger partial charge in [0.05, 0.1) is 18.0 Å². The Morgan fingerprint density at radius 3 is 2.33 bits per heavy atom. The number of allylic oxidation sites excluding steroid dienone is 2. The molecule has 0 aliphatic heterocycles. The molecule has 7 heteroatoms. The lowest BCUT2D eigenvalue weighted by molar-refractivity contribution is 0.411. The Bertz CT molecular complexity index is 1460. The molecule has 0 saturated carbocycles. The number of methoxy groups -OCH3 is 1. The van der Waals surface area contributed by atoms with Crippen LogP contribution in [0, 0.1) is 0 Å². The summed E-state index contributed by atoms with van der Waals surface area (Å²) in [5.74, 6) is -0.470. The maximum absolute atomic E-state index is 13.2. The van der Waals surface area contributed by atoms with Crippen molar-refractivity contribution in [1.82, 2.24) is 4.57 Å². The second-order valence-corrected chi connectivity index (χ2v) is 7.42. The molecule has 3 aromatic rings. The van der Waals surface area contributed by atoms with Crippen molar-refractivity contribution < 1.29 is 14.9 Å². The van der Waals surface area contributed by atoms with Gasteiger partial charge in [0, 0.05) is 24.1 Å². The molecule has 3 rings (SSSR count). The summed E-state index contributed by atoms with van der Waals surface area (Å²) in [5.41, 5.74) is 0.115. The van der Waals surface area contributed by atoms with Crippen LogP contribution in [-0.4, -0.2) is 21.9 Å². The maximum atomic E-state index is 13.2.